The molecule has 0 atom stereocenters. The highest BCUT2D eigenvalue weighted by Crippen LogP contribution is 2.18. The van der Waals surface area contributed by atoms with Crippen LogP contribution in [0.5, 0.6) is 5.75 Å². The lowest BCUT2D eigenvalue weighted by molar-refractivity contribution is -0.132. The lowest BCUT2D eigenvalue weighted by Gasteiger charge is -2.32. The maximum atomic E-state index is 12.2. The second kappa shape index (κ2) is 9.62. The molecule has 0 saturated carbocycles. The molecule has 0 spiro atoms. The van der Waals surface area contributed by atoms with Crippen molar-refractivity contribution in [3.8, 4) is 5.75 Å². The molecule has 1 aliphatic heterocycles. The van der Waals surface area contributed by atoms with E-state index in [-0.39, 0.29) is 5.91 Å². The van der Waals surface area contributed by atoms with E-state index >= 15 is 0 Å². The van der Waals surface area contributed by atoms with Crippen LogP contribution in [0.3, 0.4) is 0 Å². The van der Waals surface area contributed by atoms with E-state index in [0.717, 1.165) is 48.2 Å². The van der Waals surface area contributed by atoms with Gasteiger partial charge in [0.2, 0.25) is 5.91 Å². The lowest BCUT2D eigenvalue weighted by atomic mass is 10.2. The second-order valence-electron chi connectivity index (χ2n) is 6.80. The number of ether oxygens (including phenoxy) is 1. The summed E-state index contributed by atoms with van der Waals surface area (Å²) in [7, 11) is 2.09. The highest BCUT2D eigenvalue weighted by molar-refractivity contribution is 6.30. The number of hydrogen-bond acceptors (Lipinski definition) is 4. The zero-order valence-corrected chi connectivity index (χ0v) is 16.4. The van der Waals surface area contributed by atoms with Gasteiger partial charge in [-0.2, -0.15) is 0 Å². The topological polar surface area (TPSA) is 44.8 Å². The van der Waals surface area contributed by atoms with Crippen molar-refractivity contribution in [3.63, 3.8) is 0 Å². The SMILES string of the molecule is CN1CCN(C(=O)CCNc2ccc(OCc3ccc(Cl)cc3)cc2)CC1. The molecule has 1 fully saturated rings. The number of nitrogens with one attached hydrogen (secondary N) is 1. The Morgan fingerprint density at radius 3 is 2.37 bits per heavy atom. The standard InChI is InChI=1S/C21H26ClN3O2/c1-24-12-14-25(15-13-24)21(26)10-11-23-19-6-8-20(9-7-19)27-16-17-2-4-18(22)5-3-17/h2-9,23H,10-16H2,1H3. The van der Waals surface area contributed by atoms with Gasteiger partial charge in [0.1, 0.15) is 12.4 Å². The van der Waals surface area contributed by atoms with Crippen LogP contribution >= 0.6 is 11.6 Å². The second-order valence-corrected chi connectivity index (χ2v) is 7.24. The number of likely N-dealkylation sites (N-methyl/N-ethyl adjacent to an activating group) is 1. The van der Waals surface area contributed by atoms with Crippen molar-refractivity contribution < 1.29 is 9.53 Å². The summed E-state index contributed by atoms with van der Waals surface area (Å²) in [6.45, 7) is 4.71. The molecule has 2 aromatic rings. The number of amides is 1. The first-order chi connectivity index (χ1) is 13.1. The Bertz CT molecular complexity index is 726. The van der Waals surface area contributed by atoms with E-state index in [0.29, 0.717) is 19.6 Å². The van der Waals surface area contributed by atoms with E-state index in [2.05, 4.69) is 17.3 Å². The first-order valence-corrected chi connectivity index (χ1v) is 9.65. The van der Waals surface area contributed by atoms with Crippen LogP contribution in [-0.4, -0.2) is 55.5 Å². The maximum absolute atomic E-state index is 12.2. The van der Waals surface area contributed by atoms with Crippen LogP contribution < -0.4 is 10.1 Å². The quantitative estimate of drug-likeness (QED) is 0.789. The van der Waals surface area contributed by atoms with Gasteiger partial charge in [0, 0.05) is 49.9 Å². The Balaban J connectivity index is 1.38. The van der Waals surface area contributed by atoms with Gasteiger partial charge in [0.25, 0.3) is 0 Å². The number of hydrogen-bond donors (Lipinski definition) is 1. The molecule has 1 amide bonds. The number of nitrogens with zero attached hydrogens (tertiary/aromatic N) is 2. The normalized spacial score (nSPS) is 14.8. The van der Waals surface area contributed by atoms with Crippen LogP contribution in [-0.2, 0) is 11.4 Å². The summed E-state index contributed by atoms with van der Waals surface area (Å²) in [5.41, 5.74) is 2.06. The predicted octanol–water partition coefficient (Wildman–Crippen LogP) is 3.50. The van der Waals surface area contributed by atoms with Gasteiger partial charge in [-0.1, -0.05) is 23.7 Å². The van der Waals surface area contributed by atoms with Crippen LogP contribution in [0.4, 0.5) is 5.69 Å². The van der Waals surface area contributed by atoms with Gasteiger partial charge in [-0.3, -0.25) is 4.79 Å². The van der Waals surface area contributed by atoms with Crippen LogP contribution in [0.1, 0.15) is 12.0 Å². The third-order valence-electron chi connectivity index (χ3n) is 4.70. The summed E-state index contributed by atoms with van der Waals surface area (Å²) < 4.78 is 5.78. The zero-order chi connectivity index (χ0) is 19.1. The van der Waals surface area contributed by atoms with Crippen LogP contribution in [0.15, 0.2) is 48.5 Å². The van der Waals surface area contributed by atoms with Gasteiger partial charge >= 0.3 is 0 Å². The van der Waals surface area contributed by atoms with Crippen molar-refractivity contribution in [2.45, 2.75) is 13.0 Å². The largest absolute Gasteiger partial charge is 0.489 e. The summed E-state index contributed by atoms with van der Waals surface area (Å²) in [4.78, 5) is 16.4. The number of halogens is 1. The zero-order valence-electron chi connectivity index (χ0n) is 15.7. The third kappa shape index (κ3) is 6.15. The first kappa shape index (κ1) is 19.5. The summed E-state index contributed by atoms with van der Waals surface area (Å²) >= 11 is 5.88. The minimum Gasteiger partial charge on any atom is -0.489 e. The van der Waals surface area contributed by atoms with E-state index in [4.69, 9.17) is 16.3 Å². The number of piperazine rings is 1. The Kier molecular flexibility index (Phi) is 6.96. The molecule has 6 heteroatoms. The summed E-state index contributed by atoms with van der Waals surface area (Å²) in [5.74, 6) is 1.03. The maximum Gasteiger partial charge on any atom is 0.224 e. The lowest BCUT2D eigenvalue weighted by Crippen LogP contribution is -2.47. The Morgan fingerprint density at radius 2 is 1.70 bits per heavy atom. The van der Waals surface area contributed by atoms with E-state index in [1.807, 2.05) is 53.4 Å². The average Bonchev–Trinajstić information content (AvgIpc) is 2.69. The molecule has 1 N–H and O–H groups in total. The Labute approximate surface area is 165 Å². The Morgan fingerprint density at radius 1 is 1.04 bits per heavy atom. The molecule has 2 aromatic carbocycles. The van der Waals surface area contributed by atoms with Gasteiger partial charge in [0.15, 0.2) is 0 Å². The van der Waals surface area contributed by atoms with Gasteiger partial charge in [-0.05, 0) is 49.0 Å². The van der Waals surface area contributed by atoms with E-state index in [1.165, 1.54) is 0 Å². The molecule has 0 radical (unpaired) electrons. The smallest absolute Gasteiger partial charge is 0.224 e. The number of benzene rings is 2. The molecule has 5 nitrogen and oxygen atoms in total. The molecule has 3 rings (SSSR count). The summed E-state index contributed by atoms with van der Waals surface area (Å²) in [5, 5.41) is 4.03. The first-order valence-electron chi connectivity index (χ1n) is 9.28. The fourth-order valence-electron chi connectivity index (χ4n) is 2.94. The summed E-state index contributed by atoms with van der Waals surface area (Å²) in [6.07, 6.45) is 0.512. The molecule has 0 bridgehead atoms. The highest BCUT2D eigenvalue weighted by atomic mass is 35.5. The Hall–Kier alpha value is -2.24. The van der Waals surface area contributed by atoms with Gasteiger partial charge in [-0.15, -0.1) is 0 Å². The van der Waals surface area contributed by atoms with Gasteiger partial charge < -0.3 is 19.9 Å². The van der Waals surface area contributed by atoms with E-state index < -0.39 is 0 Å². The number of anilines is 1. The summed E-state index contributed by atoms with van der Waals surface area (Å²) in [6, 6.07) is 15.4. The van der Waals surface area contributed by atoms with Crippen molar-refractivity contribution in [1.29, 1.82) is 0 Å². The van der Waals surface area contributed by atoms with Crippen LogP contribution in [0.2, 0.25) is 5.02 Å². The molecule has 0 aliphatic carbocycles. The van der Waals surface area contributed by atoms with Crippen molar-refractivity contribution in [2.75, 3.05) is 45.1 Å². The van der Waals surface area contributed by atoms with E-state index in [9.17, 15) is 4.79 Å². The van der Waals surface area contributed by atoms with Crippen LogP contribution in [0.25, 0.3) is 0 Å². The van der Waals surface area contributed by atoms with Crippen molar-refractivity contribution in [1.82, 2.24) is 9.80 Å². The minimum absolute atomic E-state index is 0.221. The van der Waals surface area contributed by atoms with Gasteiger partial charge in [-0.25, -0.2) is 0 Å². The van der Waals surface area contributed by atoms with Crippen molar-refractivity contribution in [2.24, 2.45) is 0 Å². The molecule has 1 saturated heterocycles. The highest BCUT2D eigenvalue weighted by Gasteiger charge is 2.18. The molecule has 1 aliphatic rings. The fourth-order valence-corrected chi connectivity index (χ4v) is 3.07. The number of rotatable bonds is 7. The van der Waals surface area contributed by atoms with E-state index in [1.54, 1.807) is 0 Å². The number of carbonyl (C=O) groups is 1. The molecule has 0 aromatic heterocycles. The molecule has 144 valence electrons. The van der Waals surface area contributed by atoms with Crippen molar-refractivity contribution >= 4 is 23.2 Å². The number of carbonyl (C=O) groups excluding carboxylic acids is 1. The van der Waals surface area contributed by atoms with Crippen molar-refractivity contribution in [3.05, 3.63) is 59.1 Å². The molecule has 0 unspecified atom stereocenters. The molecule has 27 heavy (non-hydrogen) atoms. The predicted molar refractivity (Wildman–Crippen MR) is 109 cm³/mol. The fraction of sp³-hybridized carbons (Fsp3) is 0.381. The monoisotopic (exact) mass is 387 g/mol. The molecular weight excluding hydrogens is 362 g/mol. The molecule has 1 heterocycles. The minimum atomic E-state index is 0.221. The van der Waals surface area contributed by atoms with Gasteiger partial charge in [0.05, 0.1) is 0 Å². The third-order valence-corrected chi connectivity index (χ3v) is 4.95. The molecular formula is C21H26ClN3O2. The average molecular weight is 388 g/mol. The van der Waals surface area contributed by atoms with Crippen LogP contribution in [0, 0.1) is 0 Å².